The van der Waals surface area contributed by atoms with Gasteiger partial charge in [-0.25, -0.2) is 0 Å². The number of rotatable bonds is 4. The van der Waals surface area contributed by atoms with Gasteiger partial charge in [0.2, 0.25) is 0 Å². The minimum atomic E-state index is 0.268. The van der Waals surface area contributed by atoms with Gasteiger partial charge in [-0.05, 0) is 50.5 Å². The number of hydrogen-bond acceptors (Lipinski definition) is 2. The quantitative estimate of drug-likeness (QED) is 0.890. The van der Waals surface area contributed by atoms with Gasteiger partial charge in [-0.3, -0.25) is 0 Å². The van der Waals surface area contributed by atoms with Crippen LogP contribution in [-0.4, -0.2) is 16.1 Å². The first-order valence-electron chi connectivity index (χ1n) is 6.69. The summed E-state index contributed by atoms with van der Waals surface area (Å²) >= 11 is 2.02. The van der Waals surface area contributed by atoms with Gasteiger partial charge in [-0.2, -0.15) is 11.8 Å². The molecule has 2 atom stereocenters. The van der Waals surface area contributed by atoms with Crippen molar-refractivity contribution in [2.45, 2.75) is 52.1 Å². The fraction of sp³-hybridized carbons (Fsp3) is 0.714. The van der Waals surface area contributed by atoms with E-state index < -0.39 is 0 Å². The fourth-order valence-electron chi connectivity index (χ4n) is 2.94. The van der Waals surface area contributed by atoms with E-state index in [1.54, 1.807) is 0 Å². The zero-order valence-corrected chi connectivity index (χ0v) is 12.0. The maximum Gasteiger partial charge on any atom is 0.0398 e. The summed E-state index contributed by atoms with van der Waals surface area (Å²) < 4.78 is 2.52. The Kier molecular flexibility index (Phi) is 4.21. The normalized spacial score (nSPS) is 21.3. The van der Waals surface area contributed by atoms with Gasteiger partial charge in [0.05, 0.1) is 0 Å². The molecule has 2 unspecified atom stereocenters. The summed E-state index contributed by atoms with van der Waals surface area (Å²) in [4.78, 5) is 0. The molecule has 17 heavy (non-hydrogen) atoms. The van der Waals surface area contributed by atoms with E-state index in [1.807, 2.05) is 11.8 Å². The first-order valence-corrected chi connectivity index (χ1v) is 7.84. The second-order valence-corrected chi connectivity index (χ2v) is 6.38. The summed E-state index contributed by atoms with van der Waals surface area (Å²) in [6.45, 7) is 6.78. The van der Waals surface area contributed by atoms with Crippen molar-refractivity contribution in [3.05, 3.63) is 23.0 Å². The molecule has 96 valence electrons. The highest BCUT2D eigenvalue weighted by atomic mass is 32.2. The highest BCUT2D eigenvalue weighted by Crippen LogP contribution is 2.33. The van der Waals surface area contributed by atoms with Crippen molar-refractivity contribution in [1.82, 2.24) is 4.57 Å². The van der Waals surface area contributed by atoms with E-state index in [-0.39, 0.29) is 6.04 Å². The average molecular weight is 252 g/mol. The number of thioether (sulfide) groups is 1. The van der Waals surface area contributed by atoms with Crippen molar-refractivity contribution in [1.29, 1.82) is 0 Å². The standard InChI is InChI=1S/C14H24N2S/c1-4-17-9-11(3)16-10(2)8-12-13(15)6-5-7-14(12)16/h8,11,13H,4-7,9,15H2,1-3H3. The van der Waals surface area contributed by atoms with Crippen LogP contribution < -0.4 is 5.73 Å². The zero-order chi connectivity index (χ0) is 12.4. The van der Waals surface area contributed by atoms with Gasteiger partial charge in [-0.15, -0.1) is 0 Å². The Morgan fingerprint density at radius 2 is 2.35 bits per heavy atom. The van der Waals surface area contributed by atoms with Crippen LogP contribution >= 0.6 is 11.8 Å². The van der Waals surface area contributed by atoms with E-state index in [0.29, 0.717) is 6.04 Å². The molecule has 0 aliphatic heterocycles. The van der Waals surface area contributed by atoms with Crippen molar-refractivity contribution in [2.75, 3.05) is 11.5 Å². The molecule has 0 fully saturated rings. The lowest BCUT2D eigenvalue weighted by Gasteiger charge is -2.24. The second kappa shape index (κ2) is 5.49. The Hall–Kier alpha value is -0.410. The van der Waals surface area contributed by atoms with E-state index in [1.165, 1.54) is 41.3 Å². The summed E-state index contributed by atoms with van der Waals surface area (Å²) in [6.07, 6.45) is 3.60. The third kappa shape index (κ3) is 2.55. The predicted molar refractivity (Wildman–Crippen MR) is 76.7 cm³/mol. The third-order valence-corrected chi connectivity index (χ3v) is 4.83. The molecule has 0 aromatic carbocycles. The SMILES string of the molecule is CCSCC(C)n1c(C)cc2c1CCCC2N. The molecule has 1 aromatic heterocycles. The highest BCUT2D eigenvalue weighted by molar-refractivity contribution is 7.99. The van der Waals surface area contributed by atoms with E-state index in [0.717, 1.165) is 6.42 Å². The smallest absolute Gasteiger partial charge is 0.0398 e. The van der Waals surface area contributed by atoms with Gasteiger partial charge in [0, 0.05) is 29.2 Å². The molecule has 0 spiro atoms. The van der Waals surface area contributed by atoms with Crippen LogP contribution in [0.2, 0.25) is 0 Å². The lowest BCUT2D eigenvalue weighted by atomic mass is 9.93. The van der Waals surface area contributed by atoms with Gasteiger partial charge >= 0.3 is 0 Å². The number of nitrogens with zero attached hydrogens (tertiary/aromatic N) is 1. The van der Waals surface area contributed by atoms with Crippen molar-refractivity contribution in [2.24, 2.45) is 5.73 Å². The largest absolute Gasteiger partial charge is 0.345 e. The molecule has 3 heteroatoms. The molecule has 2 rings (SSSR count). The average Bonchev–Trinajstić information content (AvgIpc) is 2.64. The number of hydrogen-bond donors (Lipinski definition) is 1. The van der Waals surface area contributed by atoms with Gasteiger partial charge in [0.1, 0.15) is 0 Å². The molecule has 0 saturated carbocycles. The number of fused-ring (bicyclic) bond motifs is 1. The minimum absolute atomic E-state index is 0.268. The summed E-state index contributed by atoms with van der Waals surface area (Å²) in [7, 11) is 0. The minimum Gasteiger partial charge on any atom is -0.345 e. The third-order valence-electron chi connectivity index (χ3n) is 3.70. The van der Waals surface area contributed by atoms with Crippen LogP contribution in [0.1, 0.15) is 55.7 Å². The lowest BCUT2D eigenvalue weighted by molar-refractivity contribution is 0.512. The van der Waals surface area contributed by atoms with Gasteiger partial charge < -0.3 is 10.3 Å². The van der Waals surface area contributed by atoms with Crippen LogP contribution in [-0.2, 0) is 6.42 Å². The Bertz CT molecular complexity index is 384. The van der Waals surface area contributed by atoms with Crippen LogP contribution in [0, 0.1) is 6.92 Å². The Morgan fingerprint density at radius 3 is 3.06 bits per heavy atom. The Balaban J connectivity index is 2.27. The van der Waals surface area contributed by atoms with Crippen LogP contribution in [0.3, 0.4) is 0 Å². The summed E-state index contributed by atoms with van der Waals surface area (Å²) in [5, 5.41) is 0. The van der Waals surface area contributed by atoms with Gasteiger partial charge in [-0.1, -0.05) is 6.92 Å². The monoisotopic (exact) mass is 252 g/mol. The summed E-state index contributed by atoms with van der Waals surface area (Å²) in [5.74, 6) is 2.40. The number of aryl methyl sites for hydroxylation is 1. The fourth-order valence-corrected chi connectivity index (χ4v) is 3.66. The topological polar surface area (TPSA) is 30.9 Å². The first kappa shape index (κ1) is 13.0. The Labute approximate surface area is 109 Å². The molecule has 2 N–H and O–H groups in total. The first-order chi connectivity index (χ1) is 8.15. The molecule has 1 heterocycles. The maximum atomic E-state index is 6.21. The summed E-state index contributed by atoms with van der Waals surface area (Å²) in [6, 6.07) is 3.17. The Morgan fingerprint density at radius 1 is 1.59 bits per heavy atom. The van der Waals surface area contributed by atoms with Crippen LogP contribution in [0.5, 0.6) is 0 Å². The van der Waals surface area contributed by atoms with Crippen molar-refractivity contribution < 1.29 is 0 Å². The van der Waals surface area contributed by atoms with E-state index in [4.69, 9.17) is 5.73 Å². The molecule has 0 radical (unpaired) electrons. The molecular weight excluding hydrogens is 228 g/mol. The maximum absolute atomic E-state index is 6.21. The lowest BCUT2D eigenvalue weighted by Crippen LogP contribution is -2.20. The molecule has 0 bridgehead atoms. The van der Waals surface area contributed by atoms with Crippen LogP contribution in [0.25, 0.3) is 0 Å². The molecule has 1 aromatic rings. The van der Waals surface area contributed by atoms with Crippen molar-refractivity contribution in [3.63, 3.8) is 0 Å². The highest BCUT2D eigenvalue weighted by Gasteiger charge is 2.23. The van der Waals surface area contributed by atoms with E-state index in [2.05, 4.69) is 31.4 Å². The van der Waals surface area contributed by atoms with E-state index >= 15 is 0 Å². The number of nitrogens with two attached hydrogens (primary N) is 1. The molecule has 0 saturated heterocycles. The molecule has 1 aliphatic carbocycles. The van der Waals surface area contributed by atoms with Crippen molar-refractivity contribution in [3.8, 4) is 0 Å². The molecule has 1 aliphatic rings. The van der Waals surface area contributed by atoms with E-state index in [9.17, 15) is 0 Å². The van der Waals surface area contributed by atoms with Crippen molar-refractivity contribution >= 4 is 11.8 Å². The van der Waals surface area contributed by atoms with Gasteiger partial charge in [0.25, 0.3) is 0 Å². The van der Waals surface area contributed by atoms with Crippen LogP contribution in [0.4, 0.5) is 0 Å². The predicted octanol–water partition coefficient (Wildman–Crippen LogP) is 3.45. The number of aromatic nitrogens is 1. The second-order valence-electron chi connectivity index (χ2n) is 5.06. The molecule has 2 nitrogen and oxygen atoms in total. The van der Waals surface area contributed by atoms with Gasteiger partial charge in [0.15, 0.2) is 0 Å². The molecular formula is C14H24N2S. The van der Waals surface area contributed by atoms with Crippen LogP contribution in [0.15, 0.2) is 6.07 Å². The zero-order valence-electron chi connectivity index (χ0n) is 11.2. The summed E-state index contributed by atoms with van der Waals surface area (Å²) in [5.41, 5.74) is 10.5. The molecule has 0 amide bonds.